The van der Waals surface area contributed by atoms with Crippen molar-refractivity contribution in [3.63, 3.8) is 0 Å². The molecule has 0 bridgehead atoms. The minimum atomic E-state index is -4.18. The number of halogens is 3. The van der Waals surface area contributed by atoms with Crippen LogP contribution < -0.4 is 4.90 Å². The van der Waals surface area contributed by atoms with E-state index in [0.29, 0.717) is 18.2 Å². The third-order valence-electron chi connectivity index (χ3n) is 3.64. The van der Waals surface area contributed by atoms with Gasteiger partial charge in [-0.3, -0.25) is 5.10 Å². The van der Waals surface area contributed by atoms with E-state index in [1.54, 1.807) is 0 Å². The smallest absolute Gasteiger partial charge is 0.372 e. The fourth-order valence-electron chi connectivity index (χ4n) is 2.56. The number of hydrogen-bond acceptors (Lipinski definition) is 2. The molecule has 17 heavy (non-hydrogen) atoms. The van der Waals surface area contributed by atoms with Gasteiger partial charge in [-0.25, -0.2) is 0 Å². The third-order valence-corrected chi connectivity index (χ3v) is 3.64. The molecule has 1 unspecified atom stereocenters. The van der Waals surface area contributed by atoms with E-state index in [1.807, 2.05) is 11.9 Å². The third kappa shape index (κ3) is 1.70. The number of fused-ring (bicyclic) bond motifs is 1. The molecule has 0 saturated heterocycles. The zero-order valence-electron chi connectivity index (χ0n) is 9.51. The summed E-state index contributed by atoms with van der Waals surface area (Å²) in [5, 5.41) is 6.73. The molecule has 1 fully saturated rings. The van der Waals surface area contributed by atoms with Crippen LogP contribution in [0.4, 0.5) is 18.9 Å². The van der Waals surface area contributed by atoms with Crippen molar-refractivity contribution in [3.8, 4) is 0 Å². The molecule has 1 aromatic rings. The van der Waals surface area contributed by atoms with Crippen LogP contribution in [0.2, 0.25) is 0 Å². The first-order valence-corrected chi connectivity index (χ1v) is 5.84. The Kier molecular flexibility index (Phi) is 2.18. The maximum atomic E-state index is 12.9. The van der Waals surface area contributed by atoms with Crippen LogP contribution in [-0.4, -0.2) is 30.0 Å². The molecule has 1 atom stereocenters. The number of nitrogens with one attached hydrogen (secondary N) is 1. The molecule has 94 valence electrons. The van der Waals surface area contributed by atoms with E-state index in [9.17, 15) is 13.2 Å². The average Bonchev–Trinajstić information content (AvgIpc) is 2.97. The summed E-state index contributed by atoms with van der Waals surface area (Å²) in [7, 11) is 1.84. The second-order valence-electron chi connectivity index (χ2n) is 4.95. The van der Waals surface area contributed by atoms with Crippen LogP contribution in [-0.2, 0) is 0 Å². The van der Waals surface area contributed by atoms with Gasteiger partial charge in [-0.15, -0.1) is 0 Å². The van der Waals surface area contributed by atoms with Crippen molar-refractivity contribution in [2.75, 3.05) is 18.5 Å². The van der Waals surface area contributed by atoms with Gasteiger partial charge in [0.05, 0.1) is 17.1 Å². The summed E-state index contributed by atoms with van der Waals surface area (Å²) in [5.41, 5.74) is 1.78. The molecule has 1 N–H and O–H groups in total. The maximum Gasteiger partial charge on any atom is 0.397 e. The van der Waals surface area contributed by atoms with E-state index < -0.39 is 12.1 Å². The Morgan fingerprint density at radius 1 is 1.29 bits per heavy atom. The molecule has 1 saturated carbocycles. The van der Waals surface area contributed by atoms with Gasteiger partial charge >= 0.3 is 6.18 Å². The average molecular weight is 245 g/mol. The van der Waals surface area contributed by atoms with E-state index in [-0.39, 0.29) is 12.1 Å². The van der Waals surface area contributed by atoms with Crippen LogP contribution in [0.5, 0.6) is 0 Å². The lowest BCUT2D eigenvalue weighted by atomic mass is 9.94. The second-order valence-corrected chi connectivity index (χ2v) is 4.95. The molecule has 3 nitrogen and oxygen atoms in total. The first-order valence-electron chi connectivity index (χ1n) is 5.84. The molecule has 0 spiro atoms. The van der Waals surface area contributed by atoms with Crippen molar-refractivity contribution >= 4 is 5.69 Å². The summed E-state index contributed by atoms with van der Waals surface area (Å²) >= 11 is 0. The second kappa shape index (κ2) is 3.40. The molecule has 2 heterocycles. The van der Waals surface area contributed by atoms with Crippen molar-refractivity contribution in [2.24, 2.45) is 0 Å². The highest BCUT2D eigenvalue weighted by Gasteiger charge is 2.47. The first kappa shape index (κ1) is 10.9. The predicted octanol–water partition coefficient (Wildman–Crippen LogP) is 2.77. The van der Waals surface area contributed by atoms with Crippen LogP contribution in [0.1, 0.15) is 42.5 Å². The van der Waals surface area contributed by atoms with E-state index in [0.717, 1.165) is 18.5 Å². The van der Waals surface area contributed by atoms with Crippen LogP contribution in [0.25, 0.3) is 0 Å². The van der Waals surface area contributed by atoms with E-state index in [1.165, 1.54) is 0 Å². The van der Waals surface area contributed by atoms with Crippen molar-refractivity contribution in [1.82, 2.24) is 10.2 Å². The van der Waals surface area contributed by atoms with Gasteiger partial charge in [0.15, 0.2) is 0 Å². The predicted molar refractivity (Wildman–Crippen MR) is 57.2 cm³/mol. The first-order chi connectivity index (χ1) is 7.98. The topological polar surface area (TPSA) is 31.9 Å². The fraction of sp³-hybridized carbons (Fsp3) is 0.727. The van der Waals surface area contributed by atoms with Gasteiger partial charge in [0.1, 0.15) is 5.92 Å². The Balaban J connectivity index is 2.04. The van der Waals surface area contributed by atoms with Gasteiger partial charge < -0.3 is 4.90 Å². The lowest BCUT2D eigenvalue weighted by Gasteiger charge is -2.31. The Hall–Kier alpha value is -1.20. The lowest BCUT2D eigenvalue weighted by molar-refractivity contribution is -0.152. The van der Waals surface area contributed by atoms with E-state index >= 15 is 0 Å². The van der Waals surface area contributed by atoms with Gasteiger partial charge in [0.25, 0.3) is 0 Å². The molecule has 0 aromatic carbocycles. The summed E-state index contributed by atoms with van der Waals surface area (Å²) in [6.45, 7) is 0.441. The number of aromatic amines is 1. The summed E-state index contributed by atoms with van der Waals surface area (Å²) in [4.78, 5) is 1.90. The summed E-state index contributed by atoms with van der Waals surface area (Å²) in [6, 6.07) is 0. The lowest BCUT2D eigenvalue weighted by Crippen LogP contribution is -2.33. The Bertz CT molecular complexity index is 434. The van der Waals surface area contributed by atoms with Crippen LogP contribution >= 0.6 is 0 Å². The minimum Gasteiger partial charge on any atom is -0.372 e. The Morgan fingerprint density at radius 2 is 2.00 bits per heavy atom. The number of H-pyrrole nitrogens is 1. The number of aromatic nitrogens is 2. The molecule has 0 radical (unpaired) electrons. The highest BCUT2D eigenvalue weighted by molar-refractivity contribution is 5.60. The Morgan fingerprint density at radius 3 is 2.59 bits per heavy atom. The number of alkyl halides is 3. The highest BCUT2D eigenvalue weighted by atomic mass is 19.4. The SMILES string of the molecule is CN1CCC(C(F)(F)F)c2[nH]nc(C3CC3)c21. The molecular weight excluding hydrogens is 231 g/mol. The monoisotopic (exact) mass is 245 g/mol. The van der Waals surface area contributed by atoms with Gasteiger partial charge in [0, 0.05) is 19.5 Å². The van der Waals surface area contributed by atoms with Crippen LogP contribution in [0.3, 0.4) is 0 Å². The number of nitrogens with zero attached hydrogens (tertiary/aromatic N) is 2. The molecule has 1 aliphatic heterocycles. The van der Waals surface area contributed by atoms with Crippen molar-refractivity contribution in [1.29, 1.82) is 0 Å². The van der Waals surface area contributed by atoms with Crippen molar-refractivity contribution in [3.05, 3.63) is 11.4 Å². The maximum absolute atomic E-state index is 12.9. The molecule has 1 aromatic heterocycles. The fourth-order valence-corrected chi connectivity index (χ4v) is 2.56. The van der Waals surface area contributed by atoms with Gasteiger partial charge in [-0.1, -0.05) is 0 Å². The minimum absolute atomic E-state index is 0.110. The Labute approximate surface area is 97.0 Å². The largest absolute Gasteiger partial charge is 0.397 e. The van der Waals surface area contributed by atoms with Gasteiger partial charge in [0.2, 0.25) is 0 Å². The van der Waals surface area contributed by atoms with Crippen LogP contribution in [0, 0.1) is 0 Å². The number of hydrogen-bond donors (Lipinski definition) is 1. The highest BCUT2D eigenvalue weighted by Crippen LogP contribution is 2.50. The standard InChI is InChI=1S/C11H14F3N3/c1-17-5-4-7(11(12,13)14)9-10(17)8(15-16-9)6-2-3-6/h6-7H,2-5H2,1H3,(H,15,16). The molecular formula is C11H14F3N3. The van der Waals surface area contributed by atoms with E-state index in [4.69, 9.17) is 0 Å². The molecule has 6 heteroatoms. The zero-order valence-corrected chi connectivity index (χ0v) is 9.51. The molecule has 1 aliphatic carbocycles. The molecule has 3 rings (SSSR count). The van der Waals surface area contributed by atoms with Crippen molar-refractivity contribution in [2.45, 2.75) is 37.3 Å². The summed E-state index contributed by atoms with van der Waals surface area (Å²) in [5.74, 6) is -1.02. The molecule has 0 amide bonds. The number of rotatable bonds is 1. The molecule has 2 aliphatic rings. The summed E-state index contributed by atoms with van der Waals surface area (Å²) in [6.07, 6.45) is -1.98. The van der Waals surface area contributed by atoms with Gasteiger partial charge in [-0.05, 0) is 19.3 Å². The normalized spacial score (nSPS) is 24.9. The van der Waals surface area contributed by atoms with E-state index in [2.05, 4.69) is 10.2 Å². The quantitative estimate of drug-likeness (QED) is 0.825. The van der Waals surface area contributed by atoms with Gasteiger partial charge in [-0.2, -0.15) is 18.3 Å². The zero-order chi connectivity index (χ0) is 12.2. The van der Waals surface area contributed by atoms with Crippen LogP contribution in [0.15, 0.2) is 0 Å². The summed E-state index contributed by atoms with van der Waals surface area (Å²) < 4.78 is 38.7. The number of anilines is 1. The van der Waals surface area contributed by atoms with Crippen molar-refractivity contribution < 1.29 is 13.2 Å².